The molecule has 0 aromatic heterocycles. The third-order valence-corrected chi connectivity index (χ3v) is 2.84. The predicted molar refractivity (Wildman–Crippen MR) is 80.5 cm³/mol. The number of carbonyl (C=O) groups is 2. The molecular formula is C14H12F4N2O7. The number of nitro groups is 1. The molecule has 0 fully saturated rings. The van der Waals surface area contributed by atoms with E-state index >= 15 is 0 Å². The van der Waals surface area contributed by atoms with Gasteiger partial charge in [-0.1, -0.05) is 0 Å². The Morgan fingerprint density at radius 2 is 1.93 bits per heavy atom. The van der Waals surface area contributed by atoms with Gasteiger partial charge in [0, 0.05) is 6.07 Å². The normalized spacial score (nSPS) is 11.7. The molecule has 148 valence electrons. The fourth-order valence-electron chi connectivity index (χ4n) is 1.80. The summed E-state index contributed by atoms with van der Waals surface area (Å²) in [5.41, 5.74) is -4.66. The van der Waals surface area contributed by atoms with Crippen LogP contribution in [0.5, 0.6) is 5.75 Å². The molecule has 0 amide bonds. The lowest BCUT2D eigenvalue weighted by atomic mass is 10.1. The fourth-order valence-corrected chi connectivity index (χ4v) is 1.80. The number of methoxy groups -OCH3 is 1. The molecule has 0 aliphatic carbocycles. The second-order valence-electron chi connectivity index (χ2n) is 4.65. The molecule has 0 N–H and O–H groups in total. The summed E-state index contributed by atoms with van der Waals surface area (Å²) in [6.07, 6.45) is -5.36. The number of ether oxygens (including phenoxy) is 3. The van der Waals surface area contributed by atoms with Crippen molar-refractivity contribution in [3.8, 4) is 5.75 Å². The maximum absolute atomic E-state index is 14.4. The Morgan fingerprint density at radius 1 is 1.33 bits per heavy atom. The van der Waals surface area contributed by atoms with Gasteiger partial charge < -0.3 is 14.2 Å². The smallest absolute Gasteiger partial charge is 0.465 e. The van der Waals surface area contributed by atoms with Gasteiger partial charge in [-0.3, -0.25) is 10.1 Å². The molecule has 0 aliphatic heterocycles. The molecule has 0 aliphatic rings. The van der Waals surface area contributed by atoms with Crippen LogP contribution in [-0.4, -0.2) is 42.7 Å². The molecule has 0 unspecified atom stereocenters. The first kappa shape index (κ1) is 21.8. The number of nitro benzene ring substituents is 1. The maximum Gasteiger partial charge on any atom is 0.573 e. The van der Waals surface area contributed by atoms with Gasteiger partial charge in [0.1, 0.15) is 11.3 Å². The number of hydrogen-bond donors (Lipinski definition) is 0. The zero-order valence-electron chi connectivity index (χ0n) is 14.0. The minimum absolute atomic E-state index is 0.116. The van der Waals surface area contributed by atoms with Crippen LogP contribution in [0.3, 0.4) is 0 Å². The zero-order chi connectivity index (χ0) is 20.9. The van der Waals surface area contributed by atoms with Gasteiger partial charge in [-0.25, -0.2) is 14.6 Å². The number of rotatable bonds is 6. The standard InChI is InChI=1S/C14H12F4N2O7/c1-4-26-12(21)6(2)19-10-8(27-14(16,17)18)5-7(13(22)25-3)9(15)11(10)20(23)24/h5H,4H2,1-3H3. The molecule has 1 aromatic carbocycles. The molecule has 13 heteroatoms. The van der Waals surface area contributed by atoms with Crippen LogP contribution in [0.15, 0.2) is 11.1 Å². The van der Waals surface area contributed by atoms with Crippen LogP contribution in [0.1, 0.15) is 24.2 Å². The minimum atomic E-state index is -5.36. The number of nitrogens with zero attached hydrogens (tertiary/aromatic N) is 2. The highest BCUT2D eigenvalue weighted by Crippen LogP contribution is 2.43. The Kier molecular flexibility index (Phi) is 6.80. The van der Waals surface area contributed by atoms with Crippen molar-refractivity contribution in [2.45, 2.75) is 20.2 Å². The average Bonchev–Trinajstić information content (AvgIpc) is 2.55. The van der Waals surface area contributed by atoms with Gasteiger partial charge in [0.25, 0.3) is 0 Å². The highest BCUT2D eigenvalue weighted by molar-refractivity contribution is 6.36. The fraction of sp³-hybridized carbons (Fsp3) is 0.357. The first-order valence-electron chi connectivity index (χ1n) is 7.00. The number of carbonyl (C=O) groups excluding carboxylic acids is 2. The lowest BCUT2D eigenvalue weighted by Crippen LogP contribution is -2.19. The van der Waals surface area contributed by atoms with E-state index in [0.717, 1.165) is 14.0 Å². The Bertz CT molecular complexity index is 806. The van der Waals surface area contributed by atoms with Crippen LogP contribution in [0.2, 0.25) is 0 Å². The molecule has 0 saturated carbocycles. The SMILES string of the molecule is CCOC(=O)C(C)=Nc1c(OC(F)(F)F)cc(C(=O)OC)c(F)c1[N+](=O)[O-]. The predicted octanol–water partition coefficient (Wildman–Crippen LogP) is 3.07. The summed E-state index contributed by atoms with van der Waals surface area (Å²) >= 11 is 0. The monoisotopic (exact) mass is 396 g/mol. The van der Waals surface area contributed by atoms with Gasteiger partial charge in [-0.15, -0.1) is 13.2 Å². The topological polar surface area (TPSA) is 117 Å². The molecule has 0 spiro atoms. The van der Waals surface area contributed by atoms with Crippen molar-refractivity contribution in [1.29, 1.82) is 0 Å². The van der Waals surface area contributed by atoms with Gasteiger partial charge in [0.15, 0.2) is 11.4 Å². The van der Waals surface area contributed by atoms with E-state index in [1.807, 2.05) is 0 Å². The Labute approximate surface area is 148 Å². The lowest BCUT2D eigenvalue weighted by molar-refractivity contribution is -0.386. The van der Waals surface area contributed by atoms with Crippen LogP contribution < -0.4 is 4.74 Å². The summed E-state index contributed by atoms with van der Waals surface area (Å²) < 4.78 is 64.7. The quantitative estimate of drug-likeness (QED) is 0.238. The molecular weight excluding hydrogens is 384 g/mol. The van der Waals surface area contributed by atoms with Gasteiger partial charge in [0.2, 0.25) is 5.82 Å². The Balaban J connectivity index is 3.82. The van der Waals surface area contributed by atoms with Gasteiger partial charge in [-0.2, -0.15) is 4.39 Å². The van der Waals surface area contributed by atoms with E-state index in [0.29, 0.717) is 0 Å². The van der Waals surface area contributed by atoms with Gasteiger partial charge in [-0.05, 0) is 13.8 Å². The first-order valence-corrected chi connectivity index (χ1v) is 7.00. The molecule has 0 bridgehead atoms. The second-order valence-corrected chi connectivity index (χ2v) is 4.65. The Morgan fingerprint density at radius 3 is 2.37 bits per heavy atom. The third kappa shape index (κ3) is 5.36. The molecule has 0 heterocycles. The number of halogens is 4. The molecule has 0 radical (unpaired) electrons. The first-order chi connectivity index (χ1) is 12.4. The summed E-state index contributed by atoms with van der Waals surface area (Å²) in [6.45, 7) is 2.29. The molecule has 9 nitrogen and oxygen atoms in total. The van der Waals surface area contributed by atoms with E-state index in [-0.39, 0.29) is 12.7 Å². The van der Waals surface area contributed by atoms with E-state index in [9.17, 15) is 37.3 Å². The van der Waals surface area contributed by atoms with Crippen LogP contribution in [0.4, 0.5) is 28.9 Å². The van der Waals surface area contributed by atoms with E-state index < -0.39 is 57.4 Å². The highest BCUT2D eigenvalue weighted by Gasteiger charge is 2.38. The van der Waals surface area contributed by atoms with Crippen molar-refractivity contribution in [1.82, 2.24) is 0 Å². The number of alkyl halides is 3. The van der Waals surface area contributed by atoms with Crippen LogP contribution >= 0.6 is 0 Å². The van der Waals surface area contributed by atoms with Crippen molar-refractivity contribution >= 4 is 29.0 Å². The second kappa shape index (κ2) is 8.42. The van der Waals surface area contributed by atoms with Crippen molar-refractivity contribution in [3.05, 3.63) is 27.6 Å². The molecule has 1 aromatic rings. The summed E-state index contributed by atoms with van der Waals surface area (Å²) in [5, 5.41) is 11.2. The summed E-state index contributed by atoms with van der Waals surface area (Å²) in [5.74, 6) is -5.78. The van der Waals surface area contributed by atoms with Crippen LogP contribution in [0, 0.1) is 15.9 Å². The number of esters is 2. The largest absolute Gasteiger partial charge is 0.573 e. The average molecular weight is 396 g/mol. The maximum atomic E-state index is 14.4. The van der Waals surface area contributed by atoms with Crippen molar-refractivity contribution in [2.75, 3.05) is 13.7 Å². The summed E-state index contributed by atoms with van der Waals surface area (Å²) in [6, 6.07) is 0.235. The van der Waals surface area contributed by atoms with E-state index in [1.165, 1.54) is 6.92 Å². The lowest BCUT2D eigenvalue weighted by Gasteiger charge is -2.13. The summed E-state index contributed by atoms with van der Waals surface area (Å²) in [4.78, 5) is 36.2. The Hall–Kier alpha value is -3.25. The van der Waals surface area contributed by atoms with E-state index in [1.54, 1.807) is 0 Å². The molecule has 27 heavy (non-hydrogen) atoms. The minimum Gasteiger partial charge on any atom is -0.465 e. The van der Waals surface area contributed by atoms with Crippen molar-refractivity contribution < 1.29 is 46.3 Å². The third-order valence-electron chi connectivity index (χ3n) is 2.84. The van der Waals surface area contributed by atoms with Crippen molar-refractivity contribution in [3.63, 3.8) is 0 Å². The molecule has 1 rings (SSSR count). The van der Waals surface area contributed by atoms with Gasteiger partial charge in [0.05, 0.1) is 18.6 Å². The van der Waals surface area contributed by atoms with Crippen LogP contribution in [0.25, 0.3) is 0 Å². The van der Waals surface area contributed by atoms with Crippen molar-refractivity contribution in [2.24, 2.45) is 4.99 Å². The highest BCUT2D eigenvalue weighted by atomic mass is 19.4. The van der Waals surface area contributed by atoms with E-state index in [4.69, 9.17) is 0 Å². The number of benzene rings is 1. The number of aliphatic imine (C=N–C) groups is 1. The van der Waals surface area contributed by atoms with Gasteiger partial charge >= 0.3 is 24.0 Å². The zero-order valence-corrected chi connectivity index (χ0v) is 14.0. The molecule has 0 saturated heterocycles. The molecule has 0 atom stereocenters. The summed E-state index contributed by atoms with van der Waals surface area (Å²) in [7, 11) is 0.787. The van der Waals surface area contributed by atoms with Crippen LogP contribution in [-0.2, 0) is 14.3 Å². The number of hydrogen-bond acceptors (Lipinski definition) is 8. The van der Waals surface area contributed by atoms with E-state index in [2.05, 4.69) is 19.2 Å².